The molecule has 1 aliphatic heterocycles. The van der Waals surface area contributed by atoms with E-state index in [0.29, 0.717) is 5.95 Å². The Balaban J connectivity index is 2.01. The Bertz CT molecular complexity index is 429. The number of aliphatic hydroxyl groups is 1. The number of carbonyl (C=O) groups excluding carboxylic acids is 1. The molecule has 1 aromatic heterocycles. The summed E-state index contributed by atoms with van der Waals surface area (Å²) in [6.45, 7) is 0.904. The van der Waals surface area contributed by atoms with E-state index in [1.165, 1.54) is 7.11 Å². The molecule has 1 saturated heterocycles. The summed E-state index contributed by atoms with van der Waals surface area (Å²) in [4.78, 5) is 22.6. The van der Waals surface area contributed by atoms with Gasteiger partial charge in [0.05, 0.1) is 19.3 Å². The predicted molar refractivity (Wildman–Crippen MR) is 73.3 cm³/mol. The molecule has 0 radical (unpaired) electrons. The van der Waals surface area contributed by atoms with Crippen LogP contribution in [0.4, 0.5) is 5.95 Å². The van der Waals surface area contributed by atoms with Crippen LogP contribution < -0.4 is 10.2 Å². The van der Waals surface area contributed by atoms with E-state index < -0.39 is 0 Å². The third-order valence-corrected chi connectivity index (χ3v) is 3.30. The zero-order chi connectivity index (χ0) is 14.4. The first kappa shape index (κ1) is 14.7. The van der Waals surface area contributed by atoms with Crippen molar-refractivity contribution in [1.29, 1.82) is 0 Å². The maximum absolute atomic E-state index is 12.3. The zero-order valence-corrected chi connectivity index (χ0v) is 11.5. The zero-order valence-electron chi connectivity index (χ0n) is 11.5. The van der Waals surface area contributed by atoms with Gasteiger partial charge in [0.25, 0.3) is 0 Å². The summed E-state index contributed by atoms with van der Waals surface area (Å²) in [6.07, 6.45) is 5.01. The average Bonchev–Trinajstić information content (AvgIpc) is 2.97. The fourth-order valence-electron chi connectivity index (χ4n) is 2.36. The van der Waals surface area contributed by atoms with Gasteiger partial charge in [-0.25, -0.2) is 9.97 Å². The topological polar surface area (TPSA) is 87.6 Å². The normalized spacial score (nSPS) is 19.9. The minimum Gasteiger partial charge on any atom is -0.394 e. The van der Waals surface area contributed by atoms with E-state index >= 15 is 0 Å². The Morgan fingerprint density at radius 2 is 2.35 bits per heavy atom. The molecule has 1 fully saturated rings. The Labute approximate surface area is 118 Å². The van der Waals surface area contributed by atoms with Crippen molar-refractivity contribution in [3.05, 3.63) is 18.5 Å². The van der Waals surface area contributed by atoms with Gasteiger partial charge in [0.15, 0.2) is 0 Å². The predicted octanol–water partition coefficient (Wildman–Crippen LogP) is -0.431. The number of aliphatic hydroxyl groups excluding tert-OH is 1. The quantitative estimate of drug-likeness (QED) is 0.735. The first-order chi connectivity index (χ1) is 9.76. The highest BCUT2D eigenvalue weighted by Crippen LogP contribution is 2.21. The number of nitrogens with one attached hydrogen (secondary N) is 1. The van der Waals surface area contributed by atoms with E-state index in [0.717, 1.165) is 19.4 Å². The molecule has 7 nitrogen and oxygen atoms in total. The molecule has 2 atom stereocenters. The fraction of sp³-hybridized carbons (Fsp3) is 0.615. The minimum absolute atomic E-state index is 0.119. The molecule has 2 heterocycles. The summed E-state index contributed by atoms with van der Waals surface area (Å²) in [7, 11) is 1.54. The number of nitrogens with zero attached hydrogens (tertiary/aromatic N) is 3. The van der Waals surface area contributed by atoms with Gasteiger partial charge >= 0.3 is 0 Å². The van der Waals surface area contributed by atoms with E-state index in [1.807, 2.05) is 4.90 Å². The molecule has 2 rings (SSSR count). The van der Waals surface area contributed by atoms with E-state index in [2.05, 4.69) is 15.3 Å². The van der Waals surface area contributed by atoms with Crippen LogP contribution in [-0.2, 0) is 9.53 Å². The van der Waals surface area contributed by atoms with Gasteiger partial charge < -0.3 is 20.1 Å². The molecular weight excluding hydrogens is 260 g/mol. The number of anilines is 1. The Morgan fingerprint density at radius 1 is 1.60 bits per heavy atom. The number of carbonyl (C=O) groups is 1. The number of ether oxygens (including phenoxy) is 1. The van der Waals surface area contributed by atoms with Crippen molar-refractivity contribution >= 4 is 11.9 Å². The lowest BCUT2D eigenvalue weighted by atomic mass is 10.2. The van der Waals surface area contributed by atoms with Gasteiger partial charge in [0, 0.05) is 26.0 Å². The van der Waals surface area contributed by atoms with Crippen LogP contribution in [0.5, 0.6) is 0 Å². The first-order valence-electron chi connectivity index (χ1n) is 6.70. The van der Waals surface area contributed by atoms with Gasteiger partial charge in [-0.3, -0.25) is 4.79 Å². The minimum atomic E-state index is -0.383. The van der Waals surface area contributed by atoms with Crippen LogP contribution >= 0.6 is 0 Å². The van der Waals surface area contributed by atoms with Crippen LogP contribution in [0.2, 0.25) is 0 Å². The Morgan fingerprint density at radius 3 is 3.00 bits per heavy atom. The number of rotatable bonds is 6. The summed E-state index contributed by atoms with van der Waals surface area (Å²) in [6, 6.07) is 1.07. The third-order valence-electron chi connectivity index (χ3n) is 3.30. The highest BCUT2D eigenvalue weighted by molar-refractivity contribution is 5.85. The van der Waals surface area contributed by atoms with Crippen molar-refractivity contribution in [2.24, 2.45) is 0 Å². The third kappa shape index (κ3) is 3.43. The summed E-state index contributed by atoms with van der Waals surface area (Å²) in [5, 5.41) is 12.0. The van der Waals surface area contributed by atoms with Crippen LogP contribution in [0.3, 0.4) is 0 Å². The van der Waals surface area contributed by atoms with Gasteiger partial charge in [-0.05, 0) is 18.9 Å². The Hall–Kier alpha value is -1.73. The lowest BCUT2D eigenvalue weighted by molar-refractivity contribution is -0.123. The van der Waals surface area contributed by atoms with Crippen LogP contribution in [0.15, 0.2) is 18.5 Å². The highest BCUT2D eigenvalue weighted by atomic mass is 16.5. The van der Waals surface area contributed by atoms with E-state index in [9.17, 15) is 9.90 Å². The summed E-state index contributed by atoms with van der Waals surface area (Å²) >= 11 is 0. The van der Waals surface area contributed by atoms with Gasteiger partial charge in [0.2, 0.25) is 11.9 Å². The lowest BCUT2D eigenvalue weighted by Crippen LogP contribution is -2.49. The van der Waals surface area contributed by atoms with Crippen LogP contribution in [0, 0.1) is 0 Å². The number of methoxy groups -OCH3 is 1. The molecule has 7 heteroatoms. The molecule has 0 spiro atoms. The van der Waals surface area contributed by atoms with Crippen LogP contribution in [0.1, 0.15) is 12.8 Å². The molecule has 0 bridgehead atoms. The first-order valence-corrected chi connectivity index (χ1v) is 6.70. The van der Waals surface area contributed by atoms with Crippen molar-refractivity contribution in [2.45, 2.75) is 24.9 Å². The highest BCUT2D eigenvalue weighted by Gasteiger charge is 2.33. The molecule has 1 amide bonds. The van der Waals surface area contributed by atoms with Gasteiger partial charge in [0.1, 0.15) is 6.04 Å². The van der Waals surface area contributed by atoms with Crippen LogP contribution in [0.25, 0.3) is 0 Å². The van der Waals surface area contributed by atoms with Crippen molar-refractivity contribution in [1.82, 2.24) is 15.3 Å². The van der Waals surface area contributed by atoms with Gasteiger partial charge in [-0.15, -0.1) is 0 Å². The van der Waals surface area contributed by atoms with E-state index in [4.69, 9.17) is 4.74 Å². The van der Waals surface area contributed by atoms with Gasteiger partial charge in [-0.1, -0.05) is 0 Å². The van der Waals surface area contributed by atoms with Crippen molar-refractivity contribution in [3.8, 4) is 0 Å². The molecular formula is C13H20N4O3. The SMILES string of the molecule is COCC(CO)NC(=O)C1CCCN1c1ncccn1. The molecule has 0 aliphatic carbocycles. The molecule has 0 aromatic carbocycles. The van der Waals surface area contributed by atoms with Crippen molar-refractivity contribution in [3.63, 3.8) is 0 Å². The molecule has 20 heavy (non-hydrogen) atoms. The molecule has 110 valence electrons. The maximum Gasteiger partial charge on any atom is 0.243 e. The lowest BCUT2D eigenvalue weighted by Gasteiger charge is -2.25. The number of hydrogen-bond donors (Lipinski definition) is 2. The van der Waals surface area contributed by atoms with E-state index in [1.54, 1.807) is 18.5 Å². The summed E-state index contributed by atoms with van der Waals surface area (Å²) in [5.74, 6) is 0.448. The molecule has 0 saturated carbocycles. The van der Waals surface area contributed by atoms with Crippen LogP contribution in [-0.4, -0.2) is 59.9 Å². The van der Waals surface area contributed by atoms with Crippen molar-refractivity contribution in [2.75, 3.05) is 31.8 Å². The van der Waals surface area contributed by atoms with E-state index in [-0.39, 0.29) is 31.2 Å². The Kier molecular flexibility index (Phi) is 5.25. The monoisotopic (exact) mass is 280 g/mol. The number of aromatic nitrogens is 2. The molecule has 2 unspecified atom stereocenters. The summed E-state index contributed by atoms with van der Waals surface area (Å²) < 4.78 is 4.96. The largest absolute Gasteiger partial charge is 0.394 e. The fourth-order valence-corrected chi connectivity index (χ4v) is 2.36. The van der Waals surface area contributed by atoms with Crippen molar-refractivity contribution < 1.29 is 14.6 Å². The smallest absolute Gasteiger partial charge is 0.243 e. The van der Waals surface area contributed by atoms with Gasteiger partial charge in [-0.2, -0.15) is 0 Å². The molecule has 1 aliphatic rings. The number of amides is 1. The molecule has 1 aromatic rings. The summed E-state index contributed by atoms with van der Waals surface area (Å²) in [5.41, 5.74) is 0. The average molecular weight is 280 g/mol. The second-order valence-corrected chi connectivity index (χ2v) is 4.74. The maximum atomic E-state index is 12.3. The second-order valence-electron chi connectivity index (χ2n) is 4.74. The molecule has 2 N–H and O–H groups in total. The standard InChI is InChI=1S/C13H20N4O3/c1-20-9-10(8-18)16-12(19)11-4-2-7-17(11)13-14-5-3-6-15-13/h3,5-6,10-11,18H,2,4,7-9H2,1H3,(H,16,19). The second kappa shape index (κ2) is 7.16. The number of hydrogen-bond acceptors (Lipinski definition) is 6.